The van der Waals surface area contributed by atoms with Crippen molar-refractivity contribution in [2.24, 2.45) is 0 Å². The fourth-order valence-corrected chi connectivity index (χ4v) is 4.44. The van der Waals surface area contributed by atoms with Crippen LogP contribution in [0, 0.1) is 0 Å². The molecule has 1 rings (SSSR count). The Kier molecular flexibility index (Phi) is 15.6. The Morgan fingerprint density at radius 3 is 1.70 bits per heavy atom. The highest BCUT2D eigenvalue weighted by molar-refractivity contribution is 5.48. The van der Waals surface area contributed by atoms with Crippen molar-refractivity contribution >= 4 is 0 Å². The molecule has 0 aliphatic heterocycles. The minimum Gasteiger partial charge on any atom is -0.508 e. The van der Waals surface area contributed by atoms with Crippen LogP contribution in [-0.4, -0.2) is 21.9 Å². The number of unbranched alkanes of at least 4 members (excludes halogenated alkanes) is 11. The van der Waals surface area contributed by atoms with E-state index in [0.29, 0.717) is 0 Å². The molecule has 0 fully saturated rings. The second-order valence-corrected chi connectivity index (χ2v) is 9.04. The van der Waals surface area contributed by atoms with E-state index in [-0.39, 0.29) is 24.0 Å². The van der Waals surface area contributed by atoms with Crippen molar-refractivity contribution in [3.8, 4) is 11.5 Å². The number of aliphatic hydroxyl groups is 1. The van der Waals surface area contributed by atoms with Gasteiger partial charge in [-0.1, -0.05) is 90.9 Å². The van der Waals surface area contributed by atoms with Gasteiger partial charge in [-0.3, -0.25) is 0 Å². The predicted molar refractivity (Wildman–Crippen MR) is 129 cm³/mol. The summed E-state index contributed by atoms with van der Waals surface area (Å²) in [6.45, 7) is 4.67. The molecule has 0 bridgehead atoms. The Balaban J connectivity index is 2.51. The fraction of sp³-hybridized carbons (Fsp3) is 0.778. The van der Waals surface area contributed by atoms with E-state index in [1.807, 2.05) is 12.1 Å². The lowest BCUT2D eigenvalue weighted by Gasteiger charge is -2.20. The van der Waals surface area contributed by atoms with Crippen molar-refractivity contribution in [2.75, 3.05) is 6.61 Å². The first kappa shape index (κ1) is 26.8. The van der Waals surface area contributed by atoms with Gasteiger partial charge in [-0.2, -0.15) is 0 Å². The van der Waals surface area contributed by atoms with Crippen LogP contribution in [0.3, 0.4) is 0 Å². The van der Waals surface area contributed by atoms with Gasteiger partial charge >= 0.3 is 0 Å². The van der Waals surface area contributed by atoms with Gasteiger partial charge in [0.15, 0.2) is 0 Å². The third kappa shape index (κ3) is 11.2. The lowest BCUT2D eigenvalue weighted by atomic mass is 9.86. The molecule has 0 saturated heterocycles. The van der Waals surface area contributed by atoms with Crippen LogP contribution in [0.1, 0.15) is 134 Å². The van der Waals surface area contributed by atoms with Crippen molar-refractivity contribution < 1.29 is 15.3 Å². The highest BCUT2D eigenvalue weighted by atomic mass is 16.3. The average Bonchev–Trinajstić information content (AvgIpc) is 2.72. The fourth-order valence-electron chi connectivity index (χ4n) is 4.44. The summed E-state index contributed by atoms with van der Waals surface area (Å²) in [6, 6.07) is 3.76. The molecule has 1 aromatic rings. The van der Waals surface area contributed by atoms with E-state index in [4.69, 9.17) is 5.11 Å². The number of phenols is 2. The van der Waals surface area contributed by atoms with Crippen LogP contribution in [0.15, 0.2) is 12.1 Å². The molecule has 3 N–H and O–H groups in total. The molecule has 0 amide bonds. The first-order valence-corrected chi connectivity index (χ1v) is 12.8. The van der Waals surface area contributed by atoms with Crippen LogP contribution in [0.2, 0.25) is 0 Å². The van der Waals surface area contributed by atoms with Gasteiger partial charge in [0.05, 0.1) is 0 Å². The predicted octanol–water partition coefficient (Wildman–Crippen LogP) is 8.00. The largest absolute Gasteiger partial charge is 0.508 e. The van der Waals surface area contributed by atoms with Crippen LogP contribution in [0.4, 0.5) is 0 Å². The van der Waals surface area contributed by atoms with Crippen LogP contribution in [0.5, 0.6) is 11.5 Å². The number of rotatable bonds is 19. The number of hydrogen-bond donors (Lipinski definition) is 3. The molecule has 3 nitrogen and oxygen atoms in total. The first-order chi connectivity index (χ1) is 14.6. The maximum Gasteiger partial charge on any atom is 0.123 e. The van der Waals surface area contributed by atoms with Crippen LogP contribution >= 0.6 is 0 Å². The van der Waals surface area contributed by atoms with Gasteiger partial charge in [-0.05, 0) is 55.7 Å². The van der Waals surface area contributed by atoms with E-state index in [9.17, 15) is 10.2 Å². The highest BCUT2D eigenvalue weighted by Gasteiger charge is 2.20. The van der Waals surface area contributed by atoms with E-state index in [0.717, 1.165) is 68.9 Å². The third-order valence-electron chi connectivity index (χ3n) is 6.29. The Morgan fingerprint density at radius 1 is 0.633 bits per heavy atom. The zero-order valence-electron chi connectivity index (χ0n) is 19.8. The van der Waals surface area contributed by atoms with Gasteiger partial charge in [0.2, 0.25) is 0 Å². The Labute approximate surface area is 185 Å². The van der Waals surface area contributed by atoms with Crippen molar-refractivity contribution in [3.63, 3.8) is 0 Å². The van der Waals surface area contributed by atoms with Crippen LogP contribution < -0.4 is 0 Å². The monoisotopic (exact) mass is 420 g/mol. The molecule has 1 unspecified atom stereocenters. The lowest BCUT2D eigenvalue weighted by Crippen LogP contribution is -2.02. The standard InChI is InChI=1S/C27H48O3/c1-3-5-7-8-9-10-11-12-14-17-23-21-25(29)27(26(30)22-23)24(18-6-4-2)19-15-13-16-20-28/h21-22,24,28-30H,3-20H2,1-2H3. The molecule has 0 radical (unpaired) electrons. The zero-order chi connectivity index (χ0) is 22.0. The summed E-state index contributed by atoms with van der Waals surface area (Å²) in [7, 11) is 0. The Hall–Kier alpha value is -1.22. The second kappa shape index (κ2) is 17.5. The number of hydrogen-bond acceptors (Lipinski definition) is 3. The van der Waals surface area contributed by atoms with E-state index in [2.05, 4.69) is 13.8 Å². The third-order valence-corrected chi connectivity index (χ3v) is 6.29. The number of aryl methyl sites for hydroxylation is 1. The molecule has 30 heavy (non-hydrogen) atoms. The summed E-state index contributed by atoms with van der Waals surface area (Å²) in [5.74, 6) is 0.735. The van der Waals surface area contributed by atoms with Crippen molar-refractivity contribution in [3.05, 3.63) is 23.3 Å². The Bertz CT molecular complexity index is 518. The molecule has 1 atom stereocenters. The average molecular weight is 421 g/mol. The van der Waals surface area contributed by atoms with Gasteiger partial charge < -0.3 is 15.3 Å². The SMILES string of the molecule is CCCCCCCCCCCc1cc(O)c(C(CCCC)CCCCCO)c(O)c1. The molecule has 0 saturated carbocycles. The summed E-state index contributed by atoms with van der Waals surface area (Å²) < 4.78 is 0. The number of benzene rings is 1. The molecule has 3 heteroatoms. The number of aromatic hydroxyl groups is 2. The maximum atomic E-state index is 10.7. The van der Waals surface area contributed by atoms with E-state index in [1.165, 1.54) is 51.4 Å². The van der Waals surface area contributed by atoms with Crippen molar-refractivity contribution in [1.82, 2.24) is 0 Å². The lowest BCUT2D eigenvalue weighted by molar-refractivity contribution is 0.281. The molecule has 0 spiro atoms. The van der Waals surface area contributed by atoms with Crippen molar-refractivity contribution in [2.45, 2.75) is 129 Å². The minimum absolute atomic E-state index is 0.199. The Morgan fingerprint density at radius 2 is 1.13 bits per heavy atom. The molecular formula is C27H48O3. The quantitative estimate of drug-likeness (QED) is 0.199. The summed E-state index contributed by atoms with van der Waals surface area (Å²) in [6.07, 6.45) is 19.7. The summed E-state index contributed by atoms with van der Waals surface area (Å²) in [5.41, 5.74) is 1.79. The number of phenolic OH excluding ortho intramolecular Hbond substituents is 2. The topological polar surface area (TPSA) is 60.7 Å². The summed E-state index contributed by atoms with van der Waals surface area (Å²) in [5, 5.41) is 30.4. The first-order valence-electron chi connectivity index (χ1n) is 12.8. The zero-order valence-corrected chi connectivity index (χ0v) is 19.8. The molecule has 0 aromatic heterocycles. The molecule has 0 heterocycles. The molecular weight excluding hydrogens is 372 g/mol. The summed E-state index contributed by atoms with van der Waals surface area (Å²) >= 11 is 0. The second-order valence-electron chi connectivity index (χ2n) is 9.04. The van der Waals surface area contributed by atoms with Gasteiger partial charge in [0.1, 0.15) is 11.5 Å². The molecule has 1 aromatic carbocycles. The van der Waals surface area contributed by atoms with Crippen molar-refractivity contribution in [1.29, 1.82) is 0 Å². The van der Waals surface area contributed by atoms with E-state index in [1.54, 1.807) is 0 Å². The van der Waals surface area contributed by atoms with E-state index < -0.39 is 0 Å². The minimum atomic E-state index is 0.199. The van der Waals surface area contributed by atoms with Gasteiger partial charge in [0, 0.05) is 12.2 Å². The van der Waals surface area contributed by atoms with E-state index >= 15 is 0 Å². The van der Waals surface area contributed by atoms with Gasteiger partial charge in [0.25, 0.3) is 0 Å². The molecule has 0 aliphatic carbocycles. The highest BCUT2D eigenvalue weighted by Crippen LogP contribution is 2.40. The summed E-state index contributed by atoms with van der Waals surface area (Å²) in [4.78, 5) is 0. The number of aliphatic hydroxyl groups excluding tert-OH is 1. The normalized spacial score (nSPS) is 12.4. The van der Waals surface area contributed by atoms with Gasteiger partial charge in [-0.15, -0.1) is 0 Å². The van der Waals surface area contributed by atoms with Crippen LogP contribution in [-0.2, 0) is 6.42 Å². The molecule has 174 valence electrons. The smallest absolute Gasteiger partial charge is 0.123 e. The maximum absolute atomic E-state index is 10.7. The molecule has 0 aliphatic rings. The van der Waals surface area contributed by atoms with Gasteiger partial charge in [-0.25, -0.2) is 0 Å². The van der Waals surface area contributed by atoms with Crippen LogP contribution in [0.25, 0.3) is 0 Å².